The Kier molecular flexibility index (Phi) is 3.46. The van der Waals surface area contributed by atoms with Gasteiger partial charge in [0.2, 0.25) is 0 Å². The molecule has 0 spiro atoms. The number of pyridine rings is 1. The van der Waals surface area contributed by atoms with Crippen molar-refractivity contribution in [2.75, 3.05) is 0 Å². The van der Waals surface area contributed by atoms with E-state index in [9.17, 15) is 13.6 Å². The molecule has 0 aliphatic heterocycles. The summed E-state index contributed by atoms with van der Waals surface area (Å²) in [5.41, 5.74) is 1.51. The topological polar surface area (TPSA) is 30.0 Å². The molecule has 1 aromatic heterocycles. The number of carbonyl (C=O) groups excluding carboxylic acids is 1. The maximum absolute atomic E-state index is 13.0. The monoisotopic (exact) mass is 247 g/mol. The summed E-state index contributed by atoms with van der Waals surface area (Å²) < 4.78 is 25.7. The quantitative estimate of drug-likeness (QED) is 0.780. The number of aromatic nitrogens is 1. The molecule has 0 aliphatic carbocycles. The molecule has 1 heterocycles. The summed E-state index contributed by atoms with van der Waals surface area (Å²) in [5.74, 6) is -2.08. The minimum absolute atomic E-state index is 0.00759. The highest BCUT2D eigenvalue weighted by Gasteiger charge is 2.10. The summed E-state index contributed by atoms with van der Waals surface area (Å²) in [6, 6.07) is 8.57. The van der Waals surface area contributed by atoms with Gasteiger partial charge >= 0.3 is 0 Å². The Morgan fingerprint density at radius 2 is 1.94 bits per heavy atom. The second-order valence-corrected chi connectivity index (χ2v) is 4.01. The molecular formula is C14H11F2NO. The molecule has 0 amide bonds. The van der Waals surface area contributed by atoms with Gasteiger partial charge in [-0.25, -0.2) is 8.78 Å². The lowest BCUT2D eigenvalue weighted by Crippen LogP contribution is -2.07. The third-order valence-corrected chi connectivity index (χ3v) is 2.52. The van der Waals surface area contributed by atoms with E-state index in [-0.39, 0.29) is 12.2 Å². The standard InChI is InChI=1S/C14H11F2NO/c1-9-3-2-4-13(17-9)14(18)8-10-5-6-11(15)12(16)7-10/h2-7H,8H2,1H3. The summed E-state index contributed by atoms with van der Waals surface area (Å²) in [7, 11) is 0. The Bertz CT molecular complexity index is 596. The summed E-state index contributed by atoms with van der Waals surface area (Å²) in [6.07, 6.45) is 0.00759. The number of carbonyl (C=O) groups is 1. The first kappa shape index (κ1) is 12.4. The fourth-order valence-corrected chi connectivity index (χ4v) is 1.62. The lowest BCUT2D eigenvalue weighted by molar-refractivity contribution is 0.0988. The number of ketones is 1. The number of hydrogen-bond donors (Lipinski definition) is 0. The molecule has 0 aliphatic rings. The Hall–Kier alpha value is -2.10. The first-order valence-electron chi connectivity index (χ1n) is 5.47. The van der Waals surface area contributed by atoms with E-state index in [4.69, 9.17) is 0 Å². The van der Waals surface area contributed by atoms with E-state index in [0.717, 1.165) is 17.8 Å². The van der Waals surface area contributed by atoms with Gasteiger partial charge < -0.3 is 0 Å². The zero-order valence-electron chi connectivity index (χ0n) is 9.78. The molecule has 0 saturated carbocycles. The molecule has 0 atom stereocenters. The SMILES string of the molecule is Cc1cccc(C(=O)Cc2ccc(F)c(F)c2)n1. The summed E-state index contributed by atoms with van der Waals surface area (Å²) >= 11 is 0. The van der Waals surface area contributed by atoms with Crippen LogP contribution in [-0.4, -0.2) is 10.8 Å². The van der Waals surface area contributed by atoms with Gasteiger partial charge in [-0.3, -0.25) is 9.78 Å². The predicted octanol–water partition coefficient (Wildman–Crippen LogP) is 3.09. The van der Waals surface area contributed by atoms with Crippen molar-refractivity contribution in [1.29, 1.82) is 0 Å². The Morgan fingerprint density at radius 1 is 1.17 bits per heavy atom. The minimum atomic E-state index is -0.947. The van der Waals surface area contributed by atoms with Crippen molar-refractivity contribution in [1.82, 2.24) is 4.98 Å². The minimum Gasteiger partial charge on any atom is -0.292 e. The van der Waals surface area contributed by atoms with Crippen molar-refractivity contribution in [3.63, 3.8) is 0 Å². The van der Waals surface area contributed by atoms with Crippen LogP contribution in [0, 0.1) is 18.6 Å². The third kappa shape index (κ3) is 2.77. The fraction of sp³-hybridized carbons (Fsp3) is 0.143. The number of nitrogens with zero attached hydrogens (tertiary/aromatic N) is 1. The van der Waals surface area contributed by atoms with E-state index in [1.807, 2.05) is 0 Å². The van der Waals surface area contributed by atoms with Gasteiger partial charge in [-0.2, -0.15) is 0 Å². The maximum atomic E-state index is 13.0. The molecule has 18 heavy (non-hydrogen) atoms. The molecular weight excluding hydrogens is 236 g/mol. The van der Waals surface area contributed by atoms with Gasteiger partial charge in [0, 0.05) is 12.1 Å². The molecule has 0 N–H and O–H groups in total. The van der Waals surface area contributed by atoms with E-state index in [2.05, 4.69) is 4.98 Å². The van der Waals surface area contributed by atoms with Crippen molar-refractivity contribution < 1.29 is 13.6 Å². The van der Waals surface area contributed by atoms with Crippen LogP contribution in [-0.2, 0) is 6.42 Å². The first-order chi connectivity index (χ1) is 8.56. The zero-order valence-corrected chi connectivity index (χ0v) is 9.78. The van der Waals surface area contributed by atoms with Crippen molar-refractivity contribution in [3.05, 3.63) is 65.0 Å². The number of Topliss-reactive ketones (excluding diaryl/α,β-unsaturated/α-hetero) is 1. The van der Waals surface area contributed by atoms with Crippen LogP contribution in [0.2, 0.25) is 0 Å². The largest absolute Gasteiger partial charge is 0.292 e. The van der Waals surface area contributed by atoms with Gasteiger partial charge in [0.05, 0.1) is 0 Å². The molecule has 2 nitrogen and oxygen atoms in total. The highest BCUT2D eigenvalue weighted by Crippen LogP contribution is 2.11. The summed E-state index contributed by atoms with van der Waals surface area (Å²) in [4.78, 5) is 16.0. The molecule has 1 aromatic carbocycles. The Labute approximate surface area is 103 Å². The van der Waals surface area contributed by atoms with Crippen LogP contribution in [0.4, 0.5) is 8.78 Å². The average molecular weight is 247 g/mol. The molecule has 0 saturated heterocycles. The highest BCUT2D eigenvalue weighted by molar-refractivity contribution is 5.95. The number of rotatable bonds is 3. The number of benzene rings is 1. The van der Waals surface area contributed by atoms with Crippen LogP contribution < -0.4 is 0 Å². The lowest BCUT2D eigenvalue weighted by Gasteiger charge is -2.02. The van der Waals surface area contributed by atoms with Gasteiger partial charge in [0.15, 0.2) is 17.4 Å². The van der Waals surface area contributed by atoms with Crippen LogP contribution in [0.15, 0.2) is 36.4 Å². The fourth-order valence-electron chi connectivity index (χ4n) is 1.62. The van der Waals surface area contributed by atoms with Gasteiger partial charge in [0.25, 0.3) is 0 Å². The number of aryl methyl sites for hydroxylation is 1. The van der Waals surface area contributed by atoms with Gasteiger partial charge in [-0.1, -0.05) is 12.1 Å². The van der Waals surface area contributed by atoms with Crippen LogP contribution in [0.3, 0.4) is 0 Å². The van der Waals surface area contributed by atoms with E-state index < -0.39 is 11.6 Å². The van der Waals surface area contributed by atoms with E-state index >= 15 is 0 Å². The molecule has 4 heteroatoms. The number of halogens is 2. The Morgan fingerprint density at radius 3 is 2.61 bits per heavy atom. The number of hydrogen-bond acceptors (Lipinski definition) is 2. The lowest BCUT2D eigenvalue weighted by atomic mass is 10.1. The van der Waals surface area contributed by atoms with Gasteiger partial charge in [0.1, 0.15) is 5.69 Å². The van der Waals surface area contributed by atoms with Crippen LogP contribution in [0.5, 0.6) is 0 Å². The molecule has 2 aromatic rings. The molecule has 92 valence electrons. The second-order valence-electron chi connectivity index (χ2n) is 4.01. The molecule has 0 bridgehead atoms. The van der Waals surface area contributed by atoms with Crippen LogP contribution in [0.25, 0.3) is 0 Å². The normalized spacial score (nSPS) is 10.4. The zero-order chi connectivity index (χ0) is 13.1. The third-order valence-electron chi connectivity index (χ3n) is 2.52. The van der Waals surface area contributed by atoms with Gasteiger partial charge in [-0.05, 0) is 36.8 Å². The first-order valence-corrected chi connectivity index (χ1v) is 5.47. The summed E-state index contributed by atoms with van der Waals surface area (Å²) in [6.45, 7) is 1.79. The highest BCUT2D eigenvalue weighted by atomic mass is 19.2. The Balaban J connectivity index is 2.18. The van der Waals surface area contributed by atoms with E-state index in [1.54, 1.807) is 25.1 Å². The predicted molar refractivity (Wildman–Crippen MR) is 63.4 cm³/mol. The molecule has 0 fully saturated rings. The van der Waals surface area contributed by atoms with Gasteiger partial charge in [-0.15, -0.1) is 0 Å². The molecule has 0 unspecified atom stereocenters. The molecule has 0 radical (unpaired) electrons. The van der Waals surface area contributed by atoms with Crippen molar-refractivity contribution in [2.24, 2.45) is 0 Å². The van der Waals surface area contributed by atoms with Crippen molar-refractivity contribution >= 4 is 5.78 Å². The van der Waals surface area contributed by atoms with Crippen molar-refractivity contribution in [3.8, 4) is 0 Å². The van der Waals surface area contributed by atoms with E-state index in [1.165, 1.54) is 6.07 Å². The van der Waals surface area contributed by atoms with E-state index in [0.29, 0.717) is 11.3 Å². The second kappa shape index (κ2) is 5.04. The summed E-state index contributed by atoms with van der Waals surface area (Å²) in [5, 5.41) is 0. The van der Waals surface area contributed by atoms with Crippen LogP contribution >= 0.6 is 0 Å². The van der Waals surface area contributed by atoms with Crippen molar-refractivity contribution in [2.45, 2.75) is 13.3 Å². The van der Waals surface area contributed by atoms with Crippen LogP contribution in [0.1, 0.15) is 21.7 Å². The average Bonchev–Trinajstić information content (AvgIpc) is 2.34. The smallest absolute Gasteiger partial charge is 0.185 e. The maximum Gasteiger partial charge on any atom is 0.185 e. The molecule has 2 rings (SSSR count).